The van der Waals surface area contributed by atoms with Gasteiger partial charge in [0.1, 0.15) is 0 Å². The van der Waals surface area contributed by atoms with Crippen LogP contribution in [0.15, 0.2) is 227 Å². The largest absolute Gasteiger partial charge is 0.369 e. The Kier molecular flexibility index (Phi) is 8.99. The molecule has 0 aliphatic carbocycles. The molecular formula is C52H36O2+2. The van der Waals surface area contributed by atoms with Crippen molar-refractivity contribution in [1.29, 1.82) is 0 Å². The molecular weight excluding hydrogens is 657 g/mol. The average molecular weight is 693 g/mol. The second kappa shape index (κ2) is 14.8. The highest BCUT2D eigenvalue weighted by atomic mass is 16.3. The van der Waals surface area contributed by atoms with Gasteiger partial charge in [-0.2, -0.15) is 0 Å². The van der Waals surface area contributed by atoms with Crippen LogP contribution >= 0.6 is 0 Å². The Labute approximate surface area is 315 Å². The molecule has 0 saturated carbocycles. The van der Waals surface area contributed by atoms with Gasteiger partial charge in [-0.25, -0.2) is 8.83 Å². The SMILES string of the molecule is c1ccc(-c2cc(-c3ccc(-c4cc(-c5ccccc5)[o+]c(-c5ccccc5)c4-c4ccccc4)cc3)c(-c3ccccc3)c(-c3ccccc3)[o+]2)cc1. The van der Waals surface area contributed by atoms with Crippen LogP contribution < -0.4 is 0 Å². The van der Waals surface area contributed by atoms with Gasteiger partial charge in [0.25, 0.3) is 0 Å². The first-order valence-corrected chi connectivity index (χ1v) is 18.3. The lowest BCUT2D eigenvalue weighted by Gasteiger charge is -2.13. The molecule has 0 N–H and O–H groups in total. The third kappa shape index (κ3) is 6.53. The molecule has 2 heterocycles. The van der Waals surface area contributed by atoms with Gasteiger partial charge in [-0.15, -0.1) is 0 Å². The Morgan fingerprint density at radius 1 is 0.222 bits per heavy atom. The molecule has 0 radical (unpaired) electrons. The van der Waals surface area contributed by atoms with E-state index >= 15 is 0 Å². The van der Waals surface area contributed by atoms with Gasteiger partial charge in [0.05, 0.1) is 45.5 Å². The second-order valence-corrected chi connectivity index (χ2v) is 13.2. The van der Waals surface area contributed by atoms with E-state index in [0.29, 0.717) is 0 Å². The van der Waals surface area contributed by atoms with Crippen molar-refractivity contribution in [2.45, 2.75) is 0 Å². The first-order valence-electron chi connectivity index (χ1n) is 18.3. The maximum Gasteiger partial charge on any atom is 0.369 e. The summed E-state index contributed by atoms with van der Waals surface area (Å²) in [5.74, 6) is 3.28. The minimum absolute atomic E-state index is 0.809. The van der Waals surface area contributed by atoms with Gasteiger partial charge in [-0.3, -0.25) is 0 Å². The first kappa shape index (κ1) is 32.7. The summed E-state index contributed by atoms with van der Waals surface area (Å²) in [7, 11) is 0. The maximum absolute atomic E-state index is 6.85. The minimum Gasteiger partial charge on any atom is -0.206 e. The van der Waals surface area contributed by atoms with Crippen molar-refractivity contribution >= 4 is 0 Å². The van der Waals surface area contributed by atoms with Crippen LogP contribution in [0.5, 0.6) is 0 Å². The summed E-state index contributed by atoms with van der Waals surface area (Å²) in [4.78, 5) is 0. The van der Waals surface area contributed by atoms with Gasteiger partial charge in [-0.05, 0) is 70.8 Å². The van der Waals surface area contributed by atoms with Crippen molar-refractivity contribution in [1.82, 2.24) is 0 Å². The van der Waals surface area contributed by atoms with Gasteiger partial charge in [0, 0.05) is 11.1 Å². The minimum atomic E-state index is 0.809. The van der Waals surface area contributed by atoms with Crippen molar-refractivity contribution in [3.8, 4) is 89.8 Å². The summed E-state index contributed by atoms with van der Waals surface area (Å²) in [5.41, 5.74) is 12.8. The van der Waals surface area contributed by atoms with Crippen LogP contribution in [0, 0.1) is 0 Å². The van der Waals surface area contributed by atoms with Crippen LogP contribution in [0.25, 0.3) is 89.8 Å². The number of hydrogen-bond donors (Lipinski definition) is 0. The molecule has 2 heteroatoms. The van der Waals surface area contributed by atoms with Crippen molar-refractivity contribution < 1.29 is 8.83 Å². The van der Waals surface area contributed by atoms with Gasteiger partial charge >= 0.3 is 23.0 Å². The zero-order chi connectivity index (χ0) is 36.1. The van der Waals surface area contributed by atoms with Crippen LogP contribution in [0.2, 0.25) is 0 Å². The molecule has 0 amide bonds. The lowest BCUT2D eigenvalue weighted by molar-refractivity contribution is 0.584. The molecule has 0 fully saturated rings. The van der Waals surface area contributed by atoms with Gasteiger partial charge in [0.15, 0.2) is 0 Å². The molecule has 54 heavy (non-hydrogen) atoms. The van der Waals surface area contributed by atoms with E-state index in [0.717, 1.165) is 89.8 Å². The number of rotatable bonds is 8. The van der Waals surface area contributed by atoms with E-state index in [-0.39, 0.29) is 0 Å². The smallest absolute Gasteiger partial charge is 0.206 e. The van der Waals surface area contributed by atoms with E-state index in [1.54, 1.807) is 0 Å². The predicted octanol–water partition coefficient (Wildman–Crippen LogP) is 14.8. The predicted molar refractivity (Wildman–Crippen MR) is 223 cm³/mol. The zero-order valence-corrected chi connectivity index (χ0v) is 29.6. The Morgan fingerprint density at radius 2 is 0.481 bits per heavy atom. The Bertz CT molecular complexity index is 2450. The van der Waals surface area contributed by atoms with E-state index < -0.39 is 0 Å². The van der Waals surface area contributed by atoms with Crippen LogP contribution in [-0.4, -0.2) is 0 Å². The van der Waals surface area contributed by atoms with E-state index in [2.05, 4.69) is 194 Å². The number of benzene rings is 7. The molecule has 9 aromatic rings. The fourth-order valence-electron chi connectivity index (χ4n) is 7.17. The molecule has 254 valence electrons. The quantitative estimate of drug-likeness (QED) is 0.148. The summed E-state index contributed by atoms with van der Waals surface area (Å²) in [6.07, 6.45) is 0. The van der Waals surface area contributed by atoms with Gasteiger partial charge in [0.2, 0.25) is 0 Å². The maximum atomic E-state index is 6.85. The Balaban J connectivity index is 1.28. The third-order valence-corrected chi connectivity index (χ3v) is 9.79. The molecule has 9 rings (SSSR count). The monoisotopic (exact) mass is 692 g/mol. The zero-order valence-electron chi connectivity index (χ0n) is 29.6. The topological polar surface area (TPSA) is 22.6 Å². The molecule has 2 nitrogen and oxygen atoms in total. The van der Waals surface area contributed by atoms with Gasteiger partial charge in [-0.1, -0.05) is 158 Å². The fraction of sp³-hybridized carbons (Fsp3) is 0. The average Bonchev–Trinajstić information content (AvgIpc) is 3.27. The molecule has 2 aromatic heterocycles. The van der Waals surface area contributed by atoms with Crippen LogP contribution in [-0.2, 0) is 0 Å². The van der Waals surface area contributed by atoms with Crippen molar-refractivity contribution in [3.63, 3.8) is 0 Å². The summed E-state index contributed by atoms with van der Waals surface area (Å²) < 4.78 is 13.7. The van der Waals surface area contributed by atoms with E-state index in [1.165, 1.54) is 0 Å². The summed E-state index contributed by atoms with van der Waals surface area (Å²) >= 11 is 0. The lowest BCUT2D eigenvalue weighted by Crippen LogP contribution is -1.94. The summed E-state index contributed by atoms with van der Waals surface area (Å²) in [5, 5.41) is 0. The van der Waals surface area contributed by atoms with Crippen LogP contribution in [0.4, 0.5) is 0 Å². The first-order chi connectivity index (χ1) is 26.8. The standard InChI is InChI=1S/C52H36O2/c1-7-19-39(20-8-1)47-35-45(49(41-23-11-3-12-24-41)51(53-47)43-27-15-5-16-28-43)37-31-33-38(34-32-37)46-36-48(40-21-9-2-10-22-40)54-52(44-29-17-6-18-30-44)50(46)42-25-13-4-14-26-42/h1-36H/q+2. The normalized spacial score (nSPS) is 11.0. The molecule has 0 unspecified atom stereocenters. The highest BCUT2D eigenvalue weighted by molar-refractivity contribution is 5.96. The van der Waals surface area contributed by atoms with Gasteiger partial charge < -0.3 is 0 Å². The molecule has 7 aromatic carbocycles. The second-order valence-electron chi connectivity index (χ2n) is 13.2. The fourth-order valence-corrected chi connectivity index (χ4v) is 7.17. The summed E-state index contributed by atoms with van der Waals surface area (Å²) in [6, 6.07) is 75.9. The Hall–Kier alpha value is -7.16. The van der Waals surface area contributed by atoms with Crippen molar-refractivity contribution in [2.75, 3.05) is 0 Å². The van der Waals surface area contributed by atoms with E-state index in [1.807, 2.05) is 24.3 Å². The molecule has 0 aliphatic heterocycles. The lowest BCUT2D eigenvalue weighted by atomic mass is 9.88. The van der Waals surface area contributed by atoms with Crippen LogP contribution in [0.3, 0.4) is 0 Å². The van der Waals surface area contributed by atoms with Crippen molar-refractivity contribution in [3.05, 3.63) is 218 Å². The third-order valence-electron chi connectivity index (χ3n) is 9.79. The number of hydrogen-bond acceptors (Lipinski definition) is 0. The Morgan fingerprint density at radius 3 is 0.778 bits per heavy atom. The van der Waals surface area contributed by atoms with E-state index in [9.17, 15) is 0 Å². The van der Waals surface area contributed by atoms with Crippen molar-refractivity contribution in [2.24, 2.45) is 0 Å². The highest BCUT2D eigenvalue weighted by Crippen LogP contribution is 2.46. The molecule has 0 bridgehead atoms. The van der Waals surface area contributed by atoms with E-state index in [4.69, 9.17) is 8.83 Å². The summed E-state index contributed by atoms with van der Waals surface area (Å²) in [6.45, 7) is 0. The molecule has 0 atom stereocenters. The molecule has 0 aliphatic rings. The van der Waals surface area contributed by atoms with Crippen LogP contribution in [0.1, 0.15) is 0 Å². The molecule has 0 spiro atoms. The molecule has 0 saturated heterocycles. The highest BCUT2D eigenvalue weighted by Gasteiger charge is 2.30.